The zero-order chi connectivity index (χ0) is 90.2. The molecule has 111 heavy (non-hydrogen) atoms. The van der Waals surface area contributed by atoms with Gasteiger partial charge in [0.2, 0.25) is 0 Å². The molecule has 7 atom stereocenters. The zero-order valence-corrected chi connectivity index (χ0v) is 81.9. The number of Topliss-reactive ketones (excluding diaryl/α,β-unsaturated/α-hetero) is 3. The Bertz CT molecular complexity index is 2660. The van der Waals surface area contributed by atoms with Crippen LogP contribution in [0, 0.1) is 131 Å². The van der Waals surface area contributed by atoms with Gasteiger partial charge in [0.25, 0.3) is 0 Å². The standard InChI is InChI=1S/C9H16O.C9H14O.C8H15ClNP.C8H13ClNP.C8H15N.C8H13N.C8H14O.C7H13ClNP.C7H13N.C7H14O.C6H13ClNP.C6H13N/c2*1-5-9(7(2)3)6-8(4)10;2*1-4-7(6(2)3)5-8(9)11-10;2*1-4-8(5-6-9)7(2)3;1-6(2)5-7(3)8(4)9;1-5(2)4-6(3)7(8)10-9;1-6(2)4-7(3)5-8;1-6(2)4-5-7(3)8;1-5(2)3-4-6(7)9-8;1-6(2)4-3-5-7/h5,7,9H,1,6H2,2-4H3;5-7H,1H2,2-4H3;4,6-8,10H,1,5H2,2-3H3;4-6,8,10H,1H2,2-3H3;4,6-9H,1,5H2,2-3H3;4-7,9H,1H2,2-3H3;6H,3,5H2,1-2,4H3;5,7,9H,3-4H2,1-2H3;5-6,8H,3-4H2,1-2H3;6H,4-5H2,1-3H3;5-6,8H,3-4H2,1-2H3;5-7H,3-4H2,1-2H3/b;9-6+;;7-5-;;8-5-,9-6?;;;;;;. The number of nitrogens with one attached hydrogen (secondary N) is 8. The van der Waals surface area contributed by atoms with Gasteiger partial charge in [-0.25, -0.2) is 0 Å². The Hall–Kier alpha value is -4.20. The topological polar surface area (TPSA) is 259 Å². The second-order valence-corrected chi connectivity index (χ2v) is 37.7. The van der Waals surface area contributed by atoms with Crippen molar-refractivity contribution in [3.63, 3.8) is 0 Å². The normalized spacial score (nSPS) is 12.7. The molecule has 0 aromatic rings. The van der Waals surface area contributed by atoms with Gasteiger partial charge in [0, 0.05) is 58.8 Å². The smallest absolute Gasteiger partial charge is 0.155 e. The van der Waals surface area contributed by atoms with Crippen molar-refractivity contribution in [1.82, 2.24) is 0 Å². The van der Waals surface area contributed by atoms with Gasteiger partial charge in [-0.15, -0.1) is 66.1 Å². The van der Waals surface area contributed by atoms with E-state index in [9.17, 15) is 19.2 Å². The highest BCUT2D eigenvalue weighted by atomic mass is 35.5. The molecule has 0 fully saturated rings. The summed E-state index contributed by atoms with van der Waals surface area (Å²) in [7, 11) is 1.99. The number of hydrogen-bond donors (Lipinski definition) is 8. The molecule has 0 saturated heterocycles. The molecule has 7 unspecified atom stereocenters. The maximum Gasteiger partial charge on any atom is 0.155 e. The Labute approximate surface area is 711 Å². The molecule has 8 N–H and O–H groups in total. The zero-order valence-electron chi connectivity index (χ0n) is 75.3. The molecule has 0 heterocycles. The van der Waals surface area contributed by atoms with Crippen molar-refractivity contribution in [2.45, 2.75) is 291 Å². The van der Waals surface area contributed by atoms with Crippen LogP contribution in [0.2, 0.25) is 0 Å². The average Bonchev–Trinajstić information content (AvgIpc) is 1.47. The van der Waals surface area contributed by atoms with Gasteiger partial charge in [-0.3, -0.25) is 30.2 Å². The molecule has 0 saturated carbocycles. The summed E-state index contributed by atoms with van der Waals surface area (Å²) in [6.07, 6.45) is 32.9. The van der Waals surface area contributed by atoms with E-state index in [1.54, 1.807) is 58.1 Å². The van der Waals surface area contributed by atoms with Gasteiger partial charge in [0.1, 0.15) is 21.8 Å². The molecule has 642 valence electrons. The average molecular weight is 1700 g/mol. The largest absolute Gasteiger partial charge is 0.313 e. The van der Waals surface area contributed by atoms with Crippen molar-refractivity contribution >= 4 is 128 Å². The Morgan fingerprint density at radius 2 is 0.829 bits per heavy atom. The lowest BCUT2D eigenvalue weighted by atomic mass is 9.91. The van der Waals surface area contributed by atoms with E-state index in [0.29, 0.717) is 129 Å². The highest BCUT2D eigenvalue weighted by molar-refractivity contribution is 7.30. The van der Waals surface area contributed by atoms with E-state index in [-0.39, 0.29) is 37.8 Å². The lowest BCUT2D eigenvalue weighted by Gasteiger charge is -2.16. The first kappa shape index (κ1) is 133. The van der Waals surface area contributed by atoms with E-state index in [1.807, 2.05) is 38.2 Å². The SMILES string of the molecule is C=C(C=N)CC(C)C.C=C(CC(C)C)C(C)=O.C=C(CC(C)C)C(Cl)P=N.C=C/C(=C/C(Cl)P=N)C(C)C.C=C/C(=C/C=N)C(C)C.C=C/C(=C\C(C)=O)C(C)C.C=CC(CC(C)=O)C(C)C.C=CC(CC(Cl)P=N)C(C)C.C=CC(CC=N)C(C)C.CC(=O)CCC(C)C.CC(C)CCC(Cl)P=N.CC(C)CCC=N. The fraction of sp³-hybridized carbons (Fsp3) is 0.648. The summed E-state index contributed by atoms with van der Waals surface area (Å²) in [6, 6.07) is 0. The van der Waals surface area contributed by atoms with Crippen molar-refractivity contribution in [2.24, 2.45) is 88.8 Å². The summed E-state index contributed by atoms with van der Waals surface area (Å²) in [5.74, 6) is 8.98. The van der Waals surface area contributed by atoms with Gasteiger partial charge in [-0.1, -0.05) is 248 Å². The molecule has 0 aromatic carbocycles. The van der Waals surface area contributed by atoms with E-state index in [2.05, 4.69) is 212 Å². The van der Waals surface area contributed by atoms with E-state index >= 15 is 0 Å². The number of halogens is 4. The van der Waals surface area contributed by atoms with Crippen molar-refractivity contribution < 1.29 is 19.2 Å². The van der Waals surface area contributed by atoms with Gasteiger partial charge < -0.3 is 31.2 Å². The summed E-state index contributed by atoms with van der Waals surface area (Å²) in [4.78, 5) is 42.2. The number of allylic oxidation sites excluding steroid dienone is 15. The summed E-state index contributed by atoms with van der Waals surface area (Å²) in [6.45, 7) is 90.3. The molecule has 0 spiro atoms. The number of hydrogen-bond acceptors (Lipinski definition) is 12. The van der Waals surface area contributed by atoms with Gasteiger partial charge in [-0.2, -0.15) is 0 Å². The minimum Gasteiger partial charge on any atom is -0.313 e. The lowest BCUT2D eigenvalue weighted by molar-refractivity contribution is -0.118. The monoisotopic (exact) mass is 1700 g/mol. The molecule has 0 aromatic heterocycles. The Balaban J connectivity index is -0.0000000965. The van der Waals surface area contributed by atoms with Crippen LogP contribution in [0.25, 0.3) is 0 Å². The fourth-order valence-electron chi connectivity index (χ4n) is 7.98. The molecule has 0 aliphatic heterocycles. The third-order valence-corrected chi connectivity index (χ3v) is 19.1. The first-order valence-electron chi connectivity index (χ1n) is 39.1. The van der Waals surface area contributed by atoms with Crippen molar-refractivity contribution in [2.75, 3.05) is 0 Å². The molecule has 0 bridgehead atoms. The van der Waals surface area contributed by atoms with Crippen LogP contribution in [0.1, 0.15) is 271 Å². The highest BCUT2D eigenvalue weighted by Gasteiger charge is 2.14. The Kier molecular flexibility index (Phi) is 111. The van der Waals surface area contributed by atoms with Crippen LogP contribution in [-0.4, -0.2) is 68.5 Å². The predicted octanol–water partition coefficient (Wildman–Crippen LogP) is 33.9. The Morgan fingerprint density at radius 1 is 0.423 bits per heavy atom. The van der Waals surface area contributed by atoms with Crippen LogP contribution in [0.5, 0.6) is 0 Å². The predicted molar refractivity (Wildman–Crippen MR) is 512 cm³/mol. The molecular formula is C91H166Cl4N8O4P4. The van der Waals surface area contributed by atoms with Crippen LogP contribution in [-0.2, 0) is 19.2 Å². The summed E-state index contributed by atoms with van der Waals surface area (Å²) >= 11 is 23.1. The maximum absolute atomic E-state index is 10.7. The van der Waals surface area contributed by atoms with Crippen LogP contribution in [0.4, 0.5) is 0 Å². The molecule has 0 aliphatic rings. The number of carbonyl (C=O) groups excluding carboxylic acids is 4. The Morgan fingerprint density at radius 3 is 1.01 bits per heavy atom. The van der Waals surface area contributed by atoms with E-state index in [0.717, 1.165) is 110 Å². The van der Waals surface area contributed by atoms with Crippen molar-refractivity contribution in [3.05, 3.63) is 147 Å². The van der Waals surface area contributed by atoms with Crippen LogP contribution in [0.3, 0.4) is 0 Å². The third kappa shape index (κ3) is 119. The van der Waals surface area contributed by atoms with Crippen LogP contribution in [0.15, 0.2) is 147 Å². The number of alkyl halides is 4. The quantitative estimate of drug-likeness (QED) is 0.00740. The molecular weight excluding hydrogens is 1530 g/mol. The van der Waals surface area contributed by atoms with Crippen LogP contribution >= 0.6 is 79.9 Å². The molecule has 0 radical (unpaired) electrons. The lowest BCUT2D eigenvalue weighted by Crippen LogP contribution is -2.09. The van der Waals surface area contributed by atoms with E-state index in [4.69, 9.17) is 88.7 Å². The second kappa shape index (κ2) is 93.0. The summed E-state index contributed by atoms with van der Waals surface area (Å²) < 4.78 is 0. The van der Waals surface area contributed by atoms with Crippen molar-refractivity contribution in [1.29, 1.82) is 42.3 Å². The minimum absolute atomic E-state index is 0.0413. The summed E-state index contributed by atoms with van der Waals surface area (Å²) in [5.41, 5.74) is 5.88. The molecule has 0 aliphatic carbocycles. The maximum atomic E-state index is 10.7. The minimum atomic E-state index is -0.203. The van der Waals surface area contributed by atoms with E-state index < -0.39 is 0 Å². The number of carbonyl (C=O) groups is 4. The summed E-state index contributed by atoms with van der Waals surface area (Å²) in [5, 5.41) is 54.6. The second-order valence-electron chi connectivity index (χ2n) is 31.1. The molecule has 12 nitrogen and oxygen atoms in total. The van der Waals surface area contributed by atoms with Crippen LogP contribution < -0.4 is 0 Å². The number of ketones is 4. The van der Waals surface area contributed by atoms with Gasteiger partial charge in [0.15, 0.2) is 11.6 Å². The first-order valence-corrected chi connectivity index (χ1v) is 44.7. The molecule has 0 amide bonds. The number of rotatable bonds is 43. The van der Waals surface area contributed by atoms with Gasteiger partial charge >= 0.3 is 0 Å². The third-order valence-electron chi connectivity index (χ3n) is 15.0. The van der Waals surface area contributed by atoms with Crippen molar-refractivity contribution in [3.8, 4) is 0 Å². The van der Waals surface area contributed by atoms with Gasteiger partial charge in [0.05, 0.1) is 10.2 Å². The molecule has 0 rings (SSSR count). The first-order chi connectivity index (χ1) is 51.1. The van der Waals surface area contributed by atoms with E-state index in [1.165, 1.54) is 24.9 Å². The highest BCUT2D eigenvalue weighted by Crippen LogP contribution is 2.28. The fourth-order valence-corrected chi connectivity index (χ4v) is 9.70. The molecule has 20 heteroatoms. The van der Waals surface area contributed by atoms with Gasteiger partial charge in [-0.05, 0) is 239 Å².